The van der Waals surface area contributed by atoms with Gasteiger partial charge in [-0.15, -0.1) is 0 Å². The minimum Gasteiger partial charge on any atom is -0.504 e. The van der Waals surface area contributed by atoms with Gasteiger partial charge in [-0.3, -0.25) is 4.79 Å². The Morgan fingerprint density at radius 2 is 1.55 bits per heavy atom. The van der Waals surface area contributed by atoms with E-state index in [2.05, 4.69) is 0 Å². The van der Waals surface area contributed by atoms with Crippen LogP contribution in [0.3, 0.4) is 0 Å². The molecule has 0 saturated heterocycles. The van der Waals surface area contributed by atoms with Crippen molar-refractivity contribution in [1.82, 2.24) is 0 Å². The Labute approximate surface area is 129 Å². The molecular weight excluding hydrogens is 290 g/mol. The van der Waals surface area contributed by atoms with E-state index in [0.717, 1.165) is 0 Å². The van der Waals surface area contributed by atoms with Gasteiger partial charge in [0.25, 0.3) is 0 Å². The van der Waals surface area contributed by atoms with Crippen LogP contribution >= 0.6 is 0 Å². The third kappa shape index (κ3) is 7.94. The molecule has 0 aliphatic rings. The number of hydrogen-bond acceptors (Lipinski definition) is 7. The van der Waals surface area contributed by atoms with E-state index in [0.29, 0.717) is 70.4 Å². The first-order valence-electron chi connectivity index (χ1n) is 7.12. The molecular formula is C15H23NO6. The Morgan fingerprint density at radius 1 is 0.955 bits per heavy atom. The lowest BCUT2D eigenvalue weighted by Crippen LogP contribution is -2.14. The van der Waals surface area contributed by atoms with Crippen molar-refractivity contribution < 1.29 is 28.8 Å². The van der Waals surface area contributed by atoms with Crippen molar-refractivity contribution in [2.24, 2.45) is 5.73 Å². The third-order valence-corrected chi connectivity index (χ3v) is 2.61. The van der Waals surface area contributed by atoms with E-state index in [1.165, 1.54) is 6.07 Å². The largest absolute Gasteiger partial charge is 0.504 e. The first kappa shape index (κ1) is 18.4. The van der Waals surface area contributed by atoms with E-state index in [-0.39, 0.29) is 5.75 Å². The van der Waals surface area contributed by atoms with Crippen molar-refractivity contribution >= 4 is 6.29 Å². The van der Waals surface area contributed by atoms with Gasteiger partial charge in [0.1, 0.15) is 12.9 Å². The van der Waals surface area contributed by atoms with Crippen LogP contribution in [0, 0.1) is 0 Å². The number of phenolic OH excluding ortho intramolecular Hbond substituents is 1. The average Bonchev–Trinajstić information content (AvgIpc) is 2.53. The van der Waals surface area contributed by atoms with Crippen molar-refractivity contribution in [2.75, 3.05) is 52.8 Å². The van der Waals surface area contributed by atoms with Crippen LogP contribution in [0.5, 0.6) is 11.5 Å². The van der Waals surface area contributed by atoms with Gasteiger partial charge < -0.3 is 29.8 Å². The van der Waals surface area contributed by atoms with Gasteiger partial charge in [0.05, 0.1) is 39.6 Å². The number of aldehydes is 1. The van der Waals surface area contributed by atoms with Crippen LogP contribution in [0.2, 0.25) is 0 Å². The quantitative estimate of drug-likeness (QED) is 0.406. The second-order valence-corrected chi connectivity index (χ2v) is 4.32. The van der Waals surface area contributed by atoms with Gasteiger partial charge in [-0.05, 0) is 18.2 Å². The van der Waals surface area contributed by atoms with Gasteiger partial charge in [0.15, 0.2) is 11.5 Å². The maximum atomic E-state index is 10.5. The van der Waals surface area contributed by atoms with Crippen molar-refractivity contribution in [1.29, 1.82) is 0 Å². The SMILES string of the molecule is NCCOCCOCCOCCOc1ccc(C=O)cc1O. The second-order valence-electron chi connectivity index (χ2n) is 4.32. The summed E-state index contributed by atoms with van der Waals surface area (Å²) in [6.45, 7) is 3.69. The molecule has 0 spiro atoms. The number of rotatable bonds is 13. The summed E-state index contributed by atoms with van der Waals surface area (Å²) in [6, 6.07) is 4.47. The summed E-state index contributed by atoms with van der Waals surface area (Å²) in [5.74, 6) is 0.257. The fourth-order valence-corrected chi connectivity index (χ4v) is 1.57. The lowest BCUT2D eigenvalue weighted by atomic mass is 10.2. The Kier molecular flexibility index (Phi) is 9.97. The summed E-state index contributed by atoms with van der Waals surface area (Å²) in [6.07, 6.45) is 0.660. The summed E-state index contributed by atoms with van der Waals surface area (Å²) in [5, 5.41) is 9.62. The average molecular weight is 313 g/mol. The minimum atomic E-state index is -0.0644. The predicted molar refractivity (Wildman–Crippen MR) is 80.5 cm³/mol. The summed E-state index contributed by atoms with van der Waals surface area (Å²) in [7, 11) is 0. The number of ether oxygens (including phenoxy) is 4. The molecule has 0 saturated carbocycles. The van der Waals surface area contributed by atoms with Gasteiger partial charge in [0.2, 0.25) is 0 Å². The highest BCUT2D eigenvalue weighted by Gasteiger charge is 2.03. The first-order valence-corrected chi connectivity index (χ1v) is 7.12. The van der Waals surface area contributed by atoms with Crippen LogP contribution in [-0.2, 0) is 14.2 Å². The number of benzene rings is 1. The second kappa shape index (κ2) is 11.9. The molecule has 3 N–H and O–H groups in total. The topological polar surface area (TPSA) is 100 Å². The summed E-state index contributed by atoms with van der Waals surface area (Å²) >= 11 is 0. The van der Waals surface area contributed by atoms with Crippen LogP contribution < -0.4 is 10.5 Å². The van der Waals surface area contributed by atoms with E-state index >= 15 is 0 Å². The van der Waals surface area contributed by atoms with Crippen LogP contribution in [0.1, 0.15) is 10.4 Å². The normalized spacial score (nSPS) is 10.6. The fraction of sp³-hybridized carbons (Fsp3) is 0.533. The van der Waals surface area contributed by atoms with Crippen LogP contribution in [0.15, 0.2) is 18.2 Å². The van der Waals surface area contributed by atoms with Crippen molar-refractivity contribution in [3.8, 4) is 11.5 Å². The smallest absolute Gasteiger partial charge is 0.161 e. The fourth-order valence-electron chi connectivity index (χ4n) is 1.57. The molecule has 0 radical (unpaired) electrons. The maximum absolute atomic E-state index is 10.5. The van der Waals surface area contributed by atoms with Gasteiger partial charge in [-0.2, -0.15) is 0 Å². The molecule has 1 rings (SSSR count). The van der Waals surface area contributed by atoms with E-state index in [1.54, 1.807) is 12.1 Å². The Balaban J connectivity index is 1.98. The van der Waals surface area contributed by atoms with Gasteiger partial charge in [-0.25, -0.2) is 0 Å². The van der Waals surface area contributed by atoms with Gasteiger partial charge >= 0.3 is 0 Å². The summed E-state index contributed by atoms with van der Waals surface area (Å²) in [4.78, 5) is 10.5. The zero-order chi connectivity index (χ0) is 16.0. The van der Waals surface area contributed by atoms with Crippen molar-refractivity contribution in [2.45, 2.75) is 0 Å². The third-order valence-electron chi connectivity index (χ3n) is 2.61. The Morgan fingerprint density at radius 3 is 2.09 bits per heavy atom. The van der Waals surface area contributed by atoms with Crippen molar-refractivity contribution in [3.63, 3.8) is 0 Å². The summed E-state index contributed by atoms with van der Waals surface area (Å²) in [5.41, 5.74) is 5.67. The Hall–Kier alpha value is -1.67. The number of phenols is 1. The summed E-state index contributed by atoms with van der Waals surface area (Å²) < 4.78 is 21.1. The van der Waals surface area contributed by atoms with E-state index in [1.807, 2.05) is 0 Å². The molecule has 0 unspecified atom stereocenters. The highest BCUT2D eigenvalue weighted by molar-refractivity contribution is 5.76. The Bertz CT molecular complexity index is 426. The molecule has 7 heteroatoms. The number of carbonyl (C=O) groups excluding carboxylic acids is 1. The number of carbonyl (C=O) groups is 1. The zero-order valence-corrected chi connectivity index (χ0v) is 12.5. The monoisotopic (exact) mass is 313 g/mol. The van der Waals surface area contributed by atoms with E-state index < -0.39 is 0 Å². The molecule has 0 bridgehead atoms. The van der Waals surface area contributed by atoms with Crippen molar-refractivity contribution in [3.05, 3.63) is 23.8 Å². The van der Waals surface area contributed by atoms with Gasteiger partial charge in [-0.1, -0.05) is 0 Å². The number of hydrogen-bond donors (Lipinski definition) is 2. The number of aromatic hydroxyl groups is 1. The maximum Gasteiger partial charge on any atom is 0.161 e. The van der Waals surface area contributed by atoms with E-state index in [4.69, 9.17) is 24.7 Å². The molecule has 7 nitrogen and oxygen atoms in total. The molecule has 0 amide bonds. The number of nitrogens with two attached hydrogens (primary N) is 1. The molecule has 0 aromatic heterocycles. The molecule has 1 aromatic carbocycles. The van der Waals surface area contributed by atoms with Gasteiger partial charge in [0, 0.05) is 12.1 Å². The molecule has 0 aliphatic carbocycles. The first-order chi connectivity index (χ1) is 10.8. The van der Waals surface area contributed by atoms with Crippen LogP contribution in [-0.4, -0.2) is 64.2 Å². The molecule has 0 fully saturated rings. The molecule has 22 heavy (non-hydrogen) atoms. The molecule has 1 aromatic rings. The zero-order valence-electron chi connectivity index (χ0n) is 12.5. The molecule has 124 valence electrons. The standard InChI is InChI=1S/C15H23NO6/c16-3-4-19-5-6-20-7-8-21-9-10-22-15-2-1-13(12-17)11-14(15)18/h1-2,11-12,18H,3-10,16H2. The highest BCUT2D eigenvalue weighted by atomic mass is 16.6. The van der Waals surface area contributed by atoms with E-state index in [9.17, 15) is 9.90 Å². The molecule has 0 heterocycles. The van der Waals surface area contributed by atoms with Crippen LogP contribution in [0.4, 0.5) is 0 Å². The van der Waals surface area contributed by atoms with Crippen LogP contribution in [0.25, 0.3) is 0 Å². The minimum absolute atomic E-state index is 0.0644. The predicted octanol–water partition coefficient (Wildman–Crippen LogP) is 0.592. The lowest BCUT2D eigenvalue weighted by Gasteiger charge is -2.09. The highest BCUT2D eigenvalue weighted by Crippen LogP contribution is 2.25. The molecule has 0 aliphatic heterocycles. The molecule has 0 atom stereocenters. The lowest BCUT2D eigenvalue weighted by molar-refractivity contribution is 0.0104.